The molecule has 1 heterocycles. The van der Waals surface area contributed by atoms with Crippen molar-refractivity contribution in [1.29, 1.82) is 0 Å². The van der Waals surface area contributed by atoms with Crippen LogP contribution in [0.3, 0.4) is 0 Å². The molecule has 1 aliphatic heterocycles. The molecule has 0 amide bonds. The fourth-order valence-electron chi connectivity index (χ4n) is 3.05. The van der Waals surface area contributed by atoms with Crippen LogP contribution in [0.15, 0.2) is 18.2 Å². The molecule has 23 heavy (non-hydrogen) atoms. The fourth-order valence-corrected chi connectivity index (χ4v) is 5.13. The summed E-state index contributed by atoms with van der Waals surface area (Å²) in [5.74, 6) is 0.879. The SMILES string of the molecule is Cc1cc(C)cc(NC(=S)N(CC(C)C)[C@H]2CCS(=O)(=O)C2)c1. The predicted octanol–water partition coefficient (Wildman–Crippen LogP) is 3.15. The van der Waals surface area contributed by atoms with E-state index in [0.717, 1.165) is 12.2 Å². The summed E-state index contributed by atoms with van der Waals surface area (Å²) in [4.78, 5) is 2.06. The molecule has 128 valence electrons. The Labute approximate surface area is 145 Å². The summed E-state index contributed by atoms with van der Waals surface area (Å²) in [7, 11) is -2.93. The lowest BCUT2D eigenvalue weighted by atomic mass is 10.1. The van der Waals surface area contributed by atoms with Gasteiger partial charge in [0.1, 0.15) is 0 Å². The maximum atomic E-state index is 11.8. The van der Waals surface area contributed by atoms with Gasteiger partial charge in [-0.2, -0.15) is 0 Å². The van der Waals surface area contributed by atoms with Gasteiger partial charge in [0.15, 0.2) is 14.9 Å². The second-order valence-electron chi connectivity index (χ2n) is 6.91. The lowest BCUT2D eigenvalue weighted by Crippen LogP contribution is -2.45. The van der Waals surface area contributed by atoms with E-state index in [1.165, 1.54) is 11.1 Å². The van der Waals surface area contributed by atoms with Crippen molar-refractivity contribution in [2.45, 2.75) is 40.2 Å². The number of benzene rings is 1. The number of rotatable bonds is 4. The van der Waals surface area contributed by atoms with Crippen LogP contribution < -0.4 is 5.32 Å². The topological polar surface area (TPSA) is 49.4 Å². The van der Waals surface area contributed by atoms with E-state index >= 15 is 0 Å². The van der Waals surface area contributed by atoms with E-state index < -0.39 is 9.84 Å². The quantitative estimate of drug-likeness (QED) is 0.842. The van der Waals surface area contributed by atoms with E-state index in [9.17, 15) is 8.42 Å². The third-order valence-electron chi connectivity index (χ3n) is 3.94. The molecule has 1 N–H and O–H groups in total. The third-order valence-corrected chi connectivity index (χ3v) is 6.03. The summed E-state index contributed by atoms with van der Waals surface area (Å²) in [5, 5.41) is 3.91. The molecule has 1 atom stereocenters. The van der Waals surface area contributed by atoms with Gasteiger partial charge in [-0.05, 0) is 61.7 Å². The van der Waals surface area contributed by atoms with Crippen molar-refractivity contribution in [1.82, 2.24) is 4.90 Å². The number of thiocarbonyl (C=S) groups is 1. The smallest absolute Gasteiger partial charge is 0.173 e. The molecule has 2 rings (SSSR count). The number of anilines is 1. The standard InChI is InChI=1S/C17H26N2O2S2/c1-12(2)10-19(16-5-6-23(20,21)11-16)17(22)18-15-8-13(3)7-14(4)9-15/h7-9,12,16H,5-6,10-11H2,1-4H3,(H,18,22)/t16-/m0/s1. The largest absolute Gasteiger partial charge is 0.345 e. The molecule has 1 aromatic rings. The number of hydrogen-bond acceptors (Lipinski definition) is 3. The highest BCUT2D eigenvalue weighted by molar-refractivity contribution is 7.91. The minimum Gasteiger partial charge on any atom is -0.345 e. The van der Waals surface area contributed by atoms with Gasteiger partial charge in [0.25, 0.3) is 0 Å². The van der Waals surface area contributed by atoms with E-state index in [2.05, 4.69) is 56.1 Å². The Hall–Kier alpha value is -1.14. The first-order valence-corrected chi connectivity index (χ1v) is 10.3. The van der Waals surface area contributed by atoms with Gasteiger partial charge in [-0.25, -0.2) is 8.42 Å². The van der Waals surface area contributed by atoms with E-state index in [-0.39, 0.29) is 17.5 Å². The molecular formula is C17H26N2O2S2. The van der Waals surface area contributed by atoms with E-state index in [1.807, 2.05) is 0 Å². The molecule has 0 aliphatic carbocycles. The maximum Gasteiger partial charge on any atom is 0.173 e. The van der Waals surface area contributed by atoms with Crippen molar-refractivity contribution in [2.24, 2.45) is 5.92 Å². The highest BCUT2D eigenvalue weighted by atomic mass is 32.2. The highest BCUT2D eigenvalue weighted by Gasteiger charge is 2.33. The minimum atomic E-state index is -2.93. The number of nitrogens with zero attached hydrogens (tertiary/aromatic N) is 1. The van der Waals surface area contributed by atoms with Crippen molar-refractivity contribution in [2.75, 3.05) is 23.4 Å². The Morgan fingerprint density at radius 1 is 1.30 bits per heavy atom. The Morgan fingerprint density at radius 2 is 1.91 bits per heavy atom. The van der Waals surface area contributed by atoms with Gasteiger partial charge in [-0.1, -0.05) is 19.9 Å². The lowest BCUT2D eigenvalue weighted by Gasteiger charge is -2.32. The number of sulfone groups is 1. The molecule has 0 bridgehead atoms. The number of aryl methyl sites for hydroxylation is 2. The van der Waals surface area contributed by atoms with Crippen LogP contribution in [0.25, 0.3) is 0 Å². The Bertz CT molecular complexity index is 664. The van der Waals surface area contributed by atoms with Crippen LogP contribution in [0.1, 0.15) is 31.4 Å². The van der Waals surface area contributed by atoms with Gasteiger partial charge in [0, 0.05) is 18.3 Å². The summed E-state index contributed by atoms with van der Waals surface area (Å²) in [5.41, 5.74) is 3.31. The Kier molecular flexibility index (Phi) is 5.68. The van der Waals surface area contributed by atoms with E-state index in [0.29, 0.717) is 17.5 Å². The van der Waals surface area contributed by atoms with Crippen LogP contribution in [-0.2, 0) is 9.84 Å². The lowest BCUT2D eigenvalue weighted by molar-refractivity contribution is 0.303. The summed E-state index contributed by atoms with van der Waals surface area (Å²) in [6, 6.07) is 6.20. The first-order valence-electron chi connectivity index (χ1n) is 8.02. The van der Waals surface area contributed by atoms with Gasteiger partial charge in [0.05, 0.1) is 11.5 Å². The zero-order valence-corrected chi connectivity index (χ0v) is 15.9. The Morgan fingerprint density at radius 3 is 2.39 bits per heavy atom. The molecule has 1 saturated heterocycles. The van der Waals surface area contributed by atoms with Gasteiger partial charge >= 0.3 is 0 Å². The van der Waals surface area contributed by atoms with E-state index in [4.69, 9.17) is 12.2 Å². The molecule has 0 radical (unpaired) electrons. The predicted molar refractivity (Wildman–Crippen MR) is 101 cm³/mol. The van der Waals surface area contributed by atoms with Crippen molar-refractivity contribution in [3.8, 4) is 0 Å². The van der Waals surface area contributed by atoms with Crippen molar-refractivity contribution in [3.63, 3.8) is 0 Å². The summed E-state index contributed by atoms with van der Waals surface area (Å²) in [6.07, 6.45) is 0.656. The van der Waals surface area contributed by atoms with Gasteiger partial charge in [0.2, 0.25) is 0 Å². The molecule has 0 spiro atoms. The van der Waals surface area contributed by atoms with Crippen molar-refractivity contribution in [3.05, 3.63) is 29.3 Å². The van der Waals surface area contributed by atoms with Crippen LogP contribution in [0, 0.1) is 19.8 Å². The molecule has 1 fully saturated rings. The second kappa shape index (κ2) is 7.18. The second-order valence-corrected chi connectivity index (χ2v) is 9.53. The summed E-state index contributed by atoms with van der Waals surface area (Å²) in [6.45, 7) is 9.11. The van der Waals surface area contributed by atoms with Crippen LogP contribution in [-0.4, -0.2) is 42.5 Å². The molecule has 4 nitrogen and oxygen atoms in total. The van der Waals surface area contributed by atoms with Gasteiger partial charge in [-0.15, -0.1) is 0 Å². The molecule has 0 saturated carbocycles. The van der Waals surface area contributed by atoms with Crippen molar-refractivity contribution >= 4 is 32.9 Å². The average Bonchev–Trinajstić information content (AvgIpc) is 2.74. The van der Waals surface area contributed by atoms with Crippen LogP contribution >= 0.6 is 12.2 Å². The highest BCUT2D eigenvalue weighted by Crippen LogP contribution is 2.21. The van der Waals surface area contributed by atoms with Crippen LogP contribution in [0.4, 0.5) is 5.69 Å². The molecule has 0 aromatic heterocycles. The van der Waals surface area contributed by atoms with Crippen molar-refractivity contribution < 1.29 is 8.42 Å². The zero-order valence-electron chi connectivity index (χ0n) is 14.3. The zero-order chi connectivity index (χ0) is 17.2. The molecule has 6 heteroatoms. The van der Waals surface area contributed by atoms with Gasteiger partial charge < -0.3 is 10.2 Å². The molecule has 1 aromatic carbocycles. The number of nitrogens with one attached hydrogen (secondary N) is 1. The monoisotopic (exact) mass is 354 g/mol. The van der Waals surface area contributed by atoms with Gasteiger partial charge in [-0.3, -0.25) is 0 Å². The van der Waals surface area contributed by atoms with E-state index in [1.54, 1.807) is 0 Å². The van der Waals surface area contributed by atoms with Crippen LogP contribution in [0.5, 0.6) is 0 Å². The van der Waals surface area contributed by atoms with Crippen LogP contribution in [0.2, 0.25) is 0 Å². The summed E-state index contributed by atoms with van der Waals surface area (Å²) < 4.78 is 23.6. The first-order chi connectivity index (χ1) is 10.7. The normalized spacial score (nSPS) is 19.8. The molecular weight excluding hydrogens is 328 g/mol. The number of hydrogen-bond donors (Lipinski definition) is 1. The Balaban J connectivity index is 2.16. The maximum absolute atomic E-state index is 11.8. The first kappa shape index (κ1) is 18.2. The minimum absolute atomic E-state index is 0.0201. The molecule has 1 aliphatic rings. The molecule has 0 unspecified atom stereocenters. The third kappa shape index (κ3) is 5.18. The summed E-state index contributed by atoms with van der Waals surface area (Å²) >= 11 is 5.59. The average molecular weight is 355 g/mol. The fraction of sp³-hybridized carbons (Fsp3) is 0.588.